The number of carbonyl (C=O) groups excluding carboxylic acids is 3. The predicted octanol–water partition coefficient (Wildman–Crippen LogP) is 1.19. The highest BCUT2D eigenvalue weighted by Gasteiger charge is 2.39. The van der Waals surface area contributed by atoms with Crippen molar-refractivity contribution in [3.8, 4) is 0 Å². The first-order valence-corrected chi connectivity index (χ1v) is 8.09. The fourth-order valence-corrected chi connectivity index (χ4v) is 3.11. The van der Waals surface area contributed by atoms with Crippen LogP contribution in [-0.4, -0.2) is 41.9 Å². The van der Waals surface area contributed by atoms with E-state index in [1.54, 1.807) is 31.2 Å². The van der Waals surface area contributed by atoms with E-state index in [4.69, 9.17) is 10.5 Å². The van der Waals surface area contributed by atoms with E-state index in [0.717, 1.165) is 0 Å². The van der Waals surface area contributed by atoms with Crippen molar-refractivity contribution in [2.24, 2.45) is 5.73 Å². The third-order valence-electron chi connectivity index (χ3n) is 3.18. The molecule has 22 heavy (non-hydrogen) atoms. The molecule has 6 nitrogen and oxygen atoms in total. The number of nitrogens with zero attached hydrogens (tertiary/aromatic N) is 1. The number of amides is 2. The molecule has 2 amide bonds. The zero-order chi connectivity index (χ0) is 16.1. The minimum absolute atomic E-state index is 0.184. The highest BCUT2D eigenvalue weighted by molar-refractivity contribution is 8.00. The minimum atomic E-state index is -0.426. The molecule has 1 aromatic carbocycles. The maximum atomic E-state index is 12.3. The number of thioether (sulfide) groups is 1. The second-order valence-corrected chi connectivity index (χ2v) is 6.00. The van der Waals surface area contributed by atoms with Gasteiger partial charge >= 0.3 is 5.97 Å². The Morgan fingerprint density at radius 1 is 1.36 bits per heavy atom. The van der Waals surface area contributed by atoms with Crippen molar-refractivity contribution in [3.63, 3.8) is 0 Å². The summed E-state index contributed by atoms with van der Waals surface area (Å²) in [7, 11) is 0. The molecule has 0 spiro atoms. The molecule has 1 aliphatic heterocycles. The Labute approximate surface area is 133 Å². The number of anilines is 1. The van der Waals surface area contributed by atoms with Gasteiger partial charge in [0.05, 0.1) is 23.1 Å². The molecule has 1 unspecified atom stereocenters. The summed E-state index contributed by atoms with van der Waals surface area (Å²) in [4.78, 5) is 37.1. The molecule has 1 aliphatic rings. The Morgan fingerprint density at radius 3 is 2.64 bits per heavy atom. The summed E-state index contributed by atoms with van der Waals surface area (Å²) in [6, 6.07) is 6.26. The van der Waals surface area contributed by atoms with Gasteiger partial charge in [-0.15, -0.1) is 11.8 Å². The van der Waals surface area contributed by atoms with Crippen LogP contribution >= 0.6 is 11.8 Å². The Kier molecular flexibility index (Phi) is 5.57. The molecule has 118 valence electrons. The highest BCUT2D eigenvalue weighted by Crippen LogP contribution is 2.29. The molecule has 1 atom stereocenters. The van der Waals surface area contributed by atoms with Gasteiger partial charge in [0, 0.05) is 18.7 Å². The molecule has 0 radical (unpaired) electrons. The van der Waals surface area contributed by atoms with E-state index in [-0.39, 0.29) is 23.5 Å². The number of benzene rings is 1. The molecular formula is C15H18N2O4S. The van der Waals surface area contributed by atoms with Gasteiger partial charge in [-0.1, -0.05) is 0 Å². The lowest BCUT2D eigenvalue weighted by molar-refractivity contribution is -0.121. The molecule has 1 aromatic rings. The first-order chi connectivity index (χ1) is 10.6. The quantitative estimate of drug-likeness (QED) is 0.625. The minimum Gasteiger partial charge on any atom is -0.462 e. The second-order valence-electron chi connectivity index (χ2n) is 4.69. The topological polar surface area (TPSA) is 89.7 Å². The SMILES string of the molecule is CCOC(=O)c1ccc(N2C(=O)CC(SCCN)C2=O)cc1. The number of ether oxygens (including phenoxy) is 1. The van der Waals surface area contributed by atoms with Crippen molar-refractivity contribution in [3.05, 3.63) is 29.8 Å². The van der Waals surface area contributed by atoms with Crippen molar-refractivity contribution >= 4 is 35.2 Å². The summed E-state index contributed by atoms with van der Waals surface area (Å²) in [6.07, 6.45) is 0.184. The van der Waals surface area contributed by atoms with Gasteiger partial charge in [-0.05, 0) is 31.2 Å². The molecular weight excluding hydrogens is 304 g/mol. The number of carbonyl (C=O) groups is 3. The molecule has 1 saturated heterocycles. The maximum Gasteiger partial charge on any atom is 0.338 e. The smallest absolute Gasteiger partial charge is 0.338 e. The summed E-state index contributed by atoms with van der Waals surface area (Å²) in [5, 5.41) is -0.374. The lowest BCUT2D eigenvalue weighted by Gasteiger charge is -2.15. The number of rotatable bonds is 6. The second kappa shape index (κ2) is 7.42. The largest absolute Gasteiger partial charge is 0.462 e. The van der Waals surface area contributed by atoms with Crippen LogP contribution in [0.15, 0.2) is 24.3 Å². The van der Waals surface area contributed by atoms with Crippen molar-refractivity contribution in [2.45, 2.75) is 18.6 Å². The van der Waals surface area contributed by atoms with Crippen LogP contribution < -0.4 is 10.6 Å². The van der Waals surface area contributed by atoms with Crippen molar-refractivity contribution in [2.75, 3.05) is 23.8 Å². The number of imide groups is 1. The molecule has 0 saturated carbocycles. The number of nitrogens with two attached hydrogens (primary N) is 1. The highest BCUT2D eigenvalue weighted by atomic mass is 32.2. The summed E-state index contributed by atoms with van der Waals surface area (Å²) in [6.45, 7) is 2.49. The average Bonchev–Trinajstić information content (AvgIpc) is 2.80. The van der Waals surface area contributed by atoms with E-state index in [9.17, 15) is 14.4 Å². The van der Waals surface area contributed by atoms with Gasteiger partial charge in [0.25, 0.3) is 0 Å². The van der Waals surface area contributed by atoms with Gasteiger partial charge in [-0.2, -0.15) is 0 Å². The van der Waals surface area contributed by atoms with Crippen molar-refractivity contribution in [1.29, 1.82) is 0 Å². The molecule has 7 heteroatoms. The molecule has 2 N–H and O–H groups in total. The van der Waals surface area contributed by atoms with E-state index in [0.29, 0.717) is 30.2 Å². The monoisotopic (exact) mass is 322 g/mol. The first kappa shape index (κ1) is 16.5. The predicted molar refractivity (Wildman–Crippen MR) is 84.8 cm³/mol. The normalized spacial score (nSPS) is 17.9. The van der Waals surface area contributed by atoms with E-state index in [2.05, 4.69) is 0 Å². The van der Waals surface area contributed by atoms with Crippen LogP contribution in [0.5, 0.6) is 0 Å². The van der Waals surface area contributed by atoms with Gasteiger partial charge in [0.15, 0.2) is 0 Å². The third-order valence-corrected chi connectivity index (χ3v) is 4.42. The van der Waals surface area contributed by atoms with E-state index in [1.165, 1.54) is 16.7 Å². The summed E-state index contributed by atoms with van der Waals surface area (Å²) in [5.41, 5.74) is 6.29. The van der Waals surface area contributed by atoms with Crippen LogP contribution in [0.2, 0.25) is 0 Å². The van der Waals surface area contributed by atoms with Gasteiger partial charge in [-0.25, -0.2) is 9.69 Å². The Balaban J connectivity index is 2.12. The maximum absolute atomic E-state index is 12.3. The van der Waals surface area contributed by atoms with Crippen LogP contribution in [0.25, 0.3) is 0 Å². The Hall–Kier alpha value is -1.86. The van der Waals surface area contributed by atoms with E-state index < -0.39 is 5.97 Å². The molecule has 2 rings (SSSR count). The molecule has 0 bridgehead atoms. The zero-order valence-electron chi connectivity index (χ0n) is 12.3. The lowest BCUT2D eigenvalue weighted by atomic mass is 10.2. The molecule has 1 fully saturated rings. The zero-order valence-corrected chi connectivity index (χ0v) is 13.1. The Morgan fingerprint density at radius 2 is 2.05 bits per heavy atom. The average molecular weight is 322 g/mol. The molecule has 0 aliphatic carbocycles. The number of hydrogen-bond donors (Lipinski definition) is 1. The van der Waals surface area contributed by atoms with Crippen LogP contribution in [0.1, 0.15) is 23.7 Å². The van der Waals surface area contributed by atoms with Gasteiger partial charge in [0.2, 0.25) is 11.8 Å². The fourth-order valence-electron chi connectivity index (χ4n) is 2.18. The van der Waals surface area contributed by atoms with Crippen LogP contribution in [0, 0.1) is 0 Å². The molecule has 1 heterocycles. The molecule has 0 aromatic heterocycles. The van der Waals surface area contributed by atoms with Gasteiger partial charge < -0.3 is 10.5 Å². The van der Waals surface area contributed by atoms with Crippen LogP contribution in [0.3, 0.4) is 0 Å². The van der Waals surface area contributed by atoms with Gasteiger partial charge in [-0.3, -0.25) is 9.59 Å². The third kappa shape index (κ3) is 3.48. The van der Waals surface area contributed by atoms with Gasteiger partial charge in [0.1, 0.15) is 0 Å². The van der Waals surface area contributed by atoms with E-state index in [1.807, 2.05) is 0 Å². The van der Waals surface area contributed by atoms with Crippen molar-refractivity contribution < 1.29 is 19.1 Å². The van der Waals surface area contributed by atoms with Crippen molar-refractivity contribution in [1.82, 2.24) is 0 Å². The van der Waals surface area contributed by atoms with Crippen LogP contribution in [-0.2, 0) is 14.3 Å². The lowest BCUT2D eigenvalue weighted by Crippen LogP contribution is -2.31. The Bertz CT molecular complexity index is 573. The fraction of sp³-hybridized carbons (Fsp3) is 0.400. The standard InChI is InChI=1S/C15H18N2O4S/c1-2-21-15(20)10-3-5-11(6-4-10)17-13(18)9-12(14(17)19)22-8-7-16/h3-6,12H,2,7-9,16H2,1H3. The first-order valence-electron chi connectivity index (χ1n) is 7.04. The number of esters is 1. The summed E-state index contributed by atoms with van der Waals surface area (Å²) in [5.74, 6) is -0.250. The summed E-state index contributed by atoms with van der Waals surface area (Å²) < 4.78 is 4.90. The van der Waals surface area contributed by atoms with Crippen LogP contribution in [0.4, 0.5) is 5.69 Å². The summed E-state index contributed by atoms with van der Waals surface area (Å²) >= 11 is 1.40. The number of hydrogen-bond acceptors (Lipinski definition) is 6. The van der Waals surface area contributed by atoms with E-state index >= 15 is 0 Å².